The number of thiophene rings is 1. The molecule has 1 atom stereocenters. The SMILES string of the molecule is C[C@@H](c1nnc(-c2cccs2)o1)[NH+]1CCN(S(=O)(=O)c2ccccc2)CC1. The molecule has 1 N–H and O–H groups in total. The molecule has 1 aromatic carbocycles. The summed E-state index contributed by atoms with van der Waals surface area (Å²) in [5.41, 5.74) is 0. The third-order valence-corrected chi connectivity index (χ3v) is 7.67. The monoisotopic (exact) mass is 405 g/mol. The largest absolute Gasteiger partial charge is 0.414 e. The minimum absolute atomic E-state index is 0.0211. The van der Waals surface area contributed by atoms with E-state index in [0.29, 0.717) is 42.9 Å². The summed E-state index contributed by atoms with van der Waals surface area (Å²) in [6.07, 6.45) is 0. The highest BCUT2D eigenvalue weighted by atomic mass is 32.2. The number of hydrogen-bond donors (Lipinski definition) is 1. The number of piperazine rings is 1. The Morgan fingerprint density at radius 3 is 2.52 bits per heavy atom. The average Bonchev–Trinajstić information content (AvgIpc) is 3.40. The van der Waals surface area contributed by atoms with Crippen molar-refractivity contribution in [3.05, 3.63) is 53.7 Å². The Labute approximate surface area is 162 Å². The number of sulfonamides is 1. The molecule has 3 aromatic rings. The van der Waals surface area contributed by atoms with Crippen LogP contribution in [0.5, 0.6) is 0 Å². The summed E-state index contributed by atoms with van der Waals surface area (Å²) in [4.78, 5) is 2.55. The van der Waals surface area contributed by atoms with Gasteiger partial charge in [-0.25, -0.2) is 8.42 Å². The van der Waals surface area contributed by atoms with E-state index in [9.17, 15) is 8.42 Å². The van der Waals surface area contributed by atoms with Crippen LogP contribution in [-0.2, 0) is 10.0 Å². The predicted molar refractivity (Wildman–Crippen MR) is 102 cm³/mol. The quantitative estimate of drug-likeness (QED) is 0.695. The van der Waals surface area contributed by atoms with E-state index in [-0.39, 0.29) is 6.04 Å². The second-order valence-corrected chi connectivity index (χ2v) is 9.41. The maximum absolute atomic E-state index is 12.7. The van der Waals surface area contributed by atoms with E-state index < -0.39 is 10.0 Å². The van der Waals surface area contributed by atoms with E-state index in [1.165, 1.54) is 4.90 Å². The lowest BCUT2D eigenvalue weighted by Crippen LogP contribution is -3.14. The number of hydrogen-bond acceptors (Lipinski definition) is 6. The van der Waals surface area contributed by atoms with Gasteiger partial charge in [-0.15, -0.1) is 21.5 Å². The van der Waals surface area contributed by atoms with E-state index in [4.69, 9.17) is 4.42 Å². The van der Waals surface area contributed by atoms with Gasteiger partial charge in [-0.2, -0.15) is 4.31 Å². The molecule has 9 heteroatoms. The minimum atomic E-state index is -3.43. The van der Waals surface area contributed by atoms with Crippen LogP contribution in [0.1, 0.15) is 18.9 Å². The molecule has 7 nitrogen and oxygen atoms in total. The molecule has 4 rings (SSSR count). The van der Waals surface area contributed by atoms with Crippen molar-refractivity contribution < 1.29 is 17.7 Å². The van der Waals surface area contributed by atoms with Gasteiger partial charge in [0.1, 0.15) is 0 Å². The maximum Gasteiger partial charge on any atom is 0.274 e. The molecule has 142 valence electrons. The number of benzene rings is 1. The number of rotatable bonds is 5. The lowest BCUT2D eigenvalue weighted by molar-refractivity contribution is -0.934. The third kappa shape index (κ3) is 3.68. The van der Waals surface area contributed by atoms with E-state index in [2.05, 4.69) is 10.2 Å². The second-order valence-electron chi connectivity index (χ2n) is 6.52. The first-order valence-corrected chi connectivity index (χ1v) is 11.1. The highest BCUT2D eigenvalue weighted by Gasteiger charge is 2.34. The second kappa shape index (κ2) is 7.51. The Kier molecular flexibility index (Phi) is 5.09. The summed E-state index contributed by atoms with van der Waals surface area (Å²) in [7, 11) is -3.43. The van der Waals surface area contributed by atoms with Crippen LogP contribution in [0.2, 0.25) is 0 Å². The summed E-state index contributed by atoms with van der Waals surface area (Å²) in [5, 5.41) is 10.3. The molecule has 27 heavy (non-hydrogen) atoms. The molecule has 0 saturated carbocycles. The molecular weight excluding hydrogens is 384 g/mol. The third-order valence-electron chi connectivity index (χ3n) is 4.90. The van der Waals surface area contributed by atoms with Crippen LogP contribution in [0.4, 0.5) is 0 Å². The van der Waals surface area contributed by atoms with Gasteiger partial charge in [0, 0.05) is 0 Å². The summed E-state index contributed by atoms with van der Waals surface area (Å²) in [5.74, 6) is 1.13. The number of quaternary nitrogens is 1. The zero-order chi connectivity index (χ0) is 18.9. The molecule has 0 bridgehead atoms. The van der Waals surface area contributed by atoms with Crippen LogP contribution in [0.25, 0.3) is 10.8 Å². The number of aromatic nitrogens is 2. The van der Waals surface area contributed by atoms with Gasteiger partial charge < -0.3 is 9.32 Å². The van der Waals surface area contributed by atoms with Crippen LogP contribution >= 0.6 is 11.3 Å². The predicted octanol–water partition coefficient (Wildman–Crippen LogP) is 1.45. The van der Waals surface area contributed by atoms with Crippen molar-refractivity contribution in [3.8, 4) is 10.8 Å². The van der Waals surface area contributed by atoms with Gasteiger partial charge >= 0.3 is 0 Å². The average molecular weight is 406 g/mol. The van der Waals surface area contributed by atoms with Crippen molar-refractivity contribution in [2.45, 2.75) is 17.9 Å². The van der Waals surface area contributed by atoms with E-state index in [1.54, 1.807) is 39.9 Å². The highest BCUT2D eigenvalue weighted by molar-refractivity contribution is 7.89. The molecular formula is C18H21N4O3S2+. The van der Waals surface area contributed by atoms with Gasteiger partial charge in [0.15, 0.2) is 6.04 Å². The summed E-state index contributed by atoms with van der Waals surface area (Å²) < 4.78 is 32.9. The Hall–Kier alpha value is -2.07. The number of nitrogens with one attached hydrogen (secondary N) is 1. The summed E-state index contributed by atoms with van der Waals surface area (Å²) in [6, 6.07) is 12.5. The molecule has 0 radical (unpaired) electrons. The van der Waals surface area contributed by atoms with Gasteiger partial charge in [0.25, 0.3) is 11.8 Å². The van der Waals surface area contributed by atoms with Crippen LogP contribution in [0.15, 0.2) is 57.2 Å². The minimum Gasteiger partial charge on any atom is -0.414 e. The van der Waals surface area contributed by atoms with E-state index in [0.717, 1.165) is 4.88 Å². The summed E-state index contributed by atoms with van der Waals surface area (Å²) in [6.45, 7) is 4.39. The molecule has 0 unspecified atom stereocenters. The Morgan fingerprint density at radius 2 is 1.85 bits per heavy atom. The normalized spacial score (nSPS) is 17.8. The molecule has 0 spiro atoms. The van der Waals surface area contributed by atoms with Crippen LogP contribution in [0.3, 0.4) is 0 Å². The first-order chi connectivity index (χ1) is 13.1. The molecule has 0 aliphatic carbocycles. The van der Waals surface area contributed by atoms with Crippen molar-refractivity contribution in [3.63, 3.8) is 0 Å². The topological polar surface area (TPSA) is 80.7 Å². The van der Waals surface area contributed by atoms with Crippen LogP contribution < -0.4 is 4.90 Å². The zero-order valence-corrected chi connectivity index (χ0v) is 16.5. The van der Waals surface area contributed by atoms with E-state index in [1.807, 2.05) is 30.5 Å². The van der Waals surface area contributed by atoms with Gasteiger partial charge in [0.2, 0.25) is 10.0 Å². The molecule has 2 aromatic heterocycles. The van der Waals surface area contributed by atoms with Crippen molar-refractivity contribution in [1.29, 1.82) is 0 Å². The summed E-state index contributed by atoms with van der Waals surface area (Å²) >= 11 is 1.56. The first-order valence-electron chi connectivity index (χ1n) is 8.83. The zero-order valence-electron chi connectivity index (χ0n) is 14.9. The molecule has 1 saturated heterocycles. The maximum atomic E-state index is 12.7. The standard InChI is InChI=1S/C18H20N4O3S2/c1-14(17-19-20-18(25-17)16-8-5-13-26-16)21-9-11-22(12-10-21)27(23,24)15-6-3-2-4-7-15/h2-8,13-14H,9-12H2,1H3/p+1/t14-/m0/s1. The van der Waals surface area contributed by atoms with Crippen LogP contribution in [0, 0.1) is 0 Å². The van der Waals surface area contributed by atoms with Crippen molar-refractivity contribution in [2.24, 2.45) is 0 Å². The van der Waals surface area contributed by atoms with Gasteiger partial charge in [-0.1, -0.05) is 24.3 Å². The van der Waals surface area contributed by atoms with Crippen molar-refractivity contribution in [2.75, 3.05) is 26.2 Å². The van der Waals surface area contributed by atoms with Gasteiger partial charge in [-0.05, 0) is 30.5 Å². The Morgan fingerprint density at radius 1 is 1.11 bits per heavy atom. The first kappa shape index (κ1) is 18.3. The molecule has 0 amide bonds. The molecule has 1 fully saturated rings. The molecule has 1 aliphatic heterocycles. The van der Waals surface area contributed by atoms with Crippen LogP contribution in [-0.4, -0.2) is 49.1 Å². The van der Waals surface area contributed by atoms with E-state index >= 15 is 0 Å². The fraction of sp³-hybridized carbons (Fsp3) is 0.333. The van der Waals surface area contributed by atoms with Gasteiger partial charge in [-0.3, -0.25) is 0 Å². The van der Waals surface area contributed by atoms with Gasteiger partial charge in [0.05, 0.1) is 36.0 Å². The Bertz CT molecular complexity index is 979. The number of nitrogens with zero attached hydrogens (tertiary/aromatic N) is 3. The molecule has 1 aliphatic rings. The smallest absolute Gasteiger partial charge is 0.274 e. The molecule has 3 heterocycles. The lowest BCUT2D eigenvalue weighted by atomic mass is 10.2. The fourth-order valence-electron chi connectivity index (χ4n) is 3.27. The Balaban J connectivity index is 1.42. The highest BCUT2D eigenvalue weighted by Crippen LogP contribution is 2.24. The van der Waals surface area contributed by atoms with Crippen molar-refractivity contribution in [1.82, 2.24) is 14.5 Å². The fourth-order valence-corrected chi connectivity index (χ4v) is 5.38. The van der Waals surface area contributed by atoms with Crippen molar-refractivity contribution >= 4 is 21.4 Å². The lowest BCUT2D eigenvalue weighted by Gasteiger charge is -2.33.